The molecule has 8 heteroatoms. The largest absolute Gasteiger partial charge is 0.444 e. The van der Waals surface area contributed by atoms with Crippen molar-refractivity contribution in [1.29, 1.82) is 0 Å². The number of hydrogen-bond donors (Lipinski definition) is 0. The fourth-order valence-electron chi connectivity index (χ4n) is 0. The van der Waals surface area contributed by atoms with E-state index in [0.717, 1.165) is 5.34 Å². The number of rotatable bonds is 0. The van der Waals surface area contributed by atoms with E-state index in [1.165, 1.54) is 0 Å². The first kappa shape index (κ1) is 89.6. The molecule has 0 aromatic rings. The quantitative estimate of drug-likeness (QED) is 0.244. The minimum absolute atomic E-state index is 0. The molecule has 0 aromatic heterocycles. The zero-order valence-corrected chi connectivity index (χ0v) is 8.01. The number of hydrogen-bond acceptors (Lipinski definition) is 3. The first-order valence-electron chi connectivity index (χ1n) is 0.365. The first-order valence-corrected chi connectivity index (χ1v) is 0.365. The molecule has 0 radical (unpaired) electrons. The van der Waals surface area contributed by atoms with Gasteiger partial charge in [-0.2, -0.15) is 0 Å². The summed E-state index contributed by atoms with van der Waals surface area (Å²) in [5, 5.41) is 9.00. The Kier molecular flexibility index (Phi) is 2250. The molecule has 0 bridgehead atoms. The van der Waals surface area contributed by atoms with Gasteiger partial charge in [0, 0.05) is 27.3 Å². The molecular formula is H8CdNO6-. The van der Waals surface area contributed by atoms with Gasteiger partial charge in [-0.1, -0.05) is 0 Å². The Morgan fingerprint density at radius 3 is 1.00 bits per heavy atom. The van der Waals surface area contributed by atoms with Gasteiger partial charge in [0.1, 0.15) is 0 Å². The van der Waals surface area contributed by atoms with Crippen LogP contribution in [0.2, 0.25) is 0 Å². The van der Waals surface area contributed by atoms with Crippen molar-refractivity contribution in [3.63, 3.8) is 0 Å². The van der Waals surface area contributed by atoms with Crippen molar-refractivity contribution in [2.75, 3.05) is 0 Å². The molecule has 8 heavy (non-hydrogen) atoms. The third-order valence-corrected chi connectivity index (χ3v) is 0. The van der Waals surface area contributed by atoms with Gasteiger partial charge in [-0.3, -0.25) is 0 Å². The summed E-state index contributed by atoms with van der Waals surface area (Å²) < 4.78 is 0. The van der Waals surface area contributed by atoms with E-state index in [1.54, 1.807) is 0 Å². The summed E-state index contributed by atoms with van der Waals surface area (Å²) in [4.78, 5) is 8.00. The van der Waals surface area contributed by atoms with E-state index in [0.29, 0.717) is 0 Å². The molecule has 8 N–H and O–H groups in total. The van der Waals surface area contributed by atoms with Crippen LogP contribution >= 0.6 is 0 Å². The molecule has 52 valence electrons. The minimum Gasteiger partial charge on any atom is -0.444 e. The minimum atomic E-state index is 0. The van der Waals surface area contributed by atoms with E-state index in [4.69, 9.17) is 10.1 Å². The molecule has 0 aliphatic rings. The third kappa shape index (κ3) is 6250. The van der Waals surface area contributed by atoms with Crippen molar-refractivity contribution >= 4 is 0 Å². The van der Waals surface area contributed by atoms with Gasteiger partial charge in [0.05, 0.1) is 0 Å². The fraction of sp³-hybridized carbons (Fsp3) is 0. The van der Waals surface area contributed by atoms with E-state index in [1.807, 2.05) is 0 Å². The standard InChI is InChI=1S/Cd.HNO2.4H2O/c;2-1-3;;;;/h;(H,2,3);4*1H2/p-1. The molecule has 0 spiro atoms. The summed E-state index contributed by atoms with van der Waals surface area (Å²) >= 11 is 0. The van der Waals surface area contributed by atoms with Crippen LogP contribution in [0.25, 0.3) is 0 Å². The maximum absolute atomic E-state index is 8.00. The van der Waals surface area contributed by atoms with Crippen LogP contribution in [0, 0.1) is 10.1 Å². The Balaban J connectivity index is -0.00000000200. The Morgan fingerprint density at radius 2 is 1.00 bits per heavy atom. The summed E-state index contributed by atoms with van der Waals surface area (Å²) in [5.41, 5.74) is 0. The van der Waals surface area contributed by atoms with Crippen LogP contribution < -0.4 is 0 Å². The Bertz CT molecular complexity index is 16.0. The zero-order chi connectivity index (χ0) is 2.71. The molecule has 0 saturated carbocycles. The fourth-order valence-corrected chi connectivity index (χ4v) is 0. The van der Waals surface area contributed by atoms with Crippen LogP contribution in [-0.2, 0) is 27.3 Å². The van der Waals surface area contributed by atoms with E-state index in [-0.39, 0.29) is 49.2 Å². The van der Waals surface area contributed by atoms with Crippen LogP contribution in [0.1, 0.15) is 0 Å². The zero-order valence-electron chi connectivity index (χ0n) is 3.97. The van der Waals surface area contributed by atoms with E-state index >= 15 is 0 Å². The molecule has 0 amide bonds. The van der Waals surface area contributed by atoms with Gasteiger partial charge in [0.2, 0.25) is 0 Å². The Labute approximate surface area is 65.0 Å². The average molecular weight is 230 g/mol. The molecule has 0 unspecified atom stereocenters. The Hall–Kier alpha value is 0.162. The predicted octanol–water partition coefficient (Wildman–Crippen LogP) is -3.05. The van der Waals surface area contributed by atoms with Gasteiger partial charge < -0.3 is 32.0 Å². The van der Waals surface area contributed by atoms with Crippen LogP contribution in [-0.4, -0.2) is 21.9 Å². The van der Waals surface area contributed by atoms with Crippen LogP contribution in [0.15, 0.2) is 5.34 Å². The van der Waals surface area contributed by atoms with E-state index in [2.05, 4.69) is 0 Å². The second kappa shape index (κ2) is 201. The maximum atomic E-state index is 8.00. The molecule has 0 heterocycles. The maximum Gasteiger partial charge on any atom is 0 e. The van der Waals surface area contributed by atoms with Gasteiger partial charge in [-0.15, -0.1) is 5.34 Å². The van der Waals surface area contributed by atoms with Crippen LogP contribution in [0.5, 0.6) is 0 Å². The summed E-state index contributed by atoms with van der Waals surface area (Å²) in [5.74, 6) is 0. The number of nitrogens with zero attached hydrogens (tertiary/aromatic N) is 1. The van der Waals surface area contributed by atoms with Gasteiger partial charge in [0.25, 0.3) is 0 Å². The second-order valence-electron chi connectivity index (χ2n) is 0.0745. The van der Waals surface area contributed by atoms with Crippen LogP contribution in [0.4, 0.5) is 0 Å². The van der Waals surface area contributed by atoms with Crippen molar-refractivity contribution in [2.45, 2.75) is 0 Å². The molecule has 7 nitrogen and oxygen atoms in total. The van der Waals surface area contributed by atoms with Crippen molar-refractivity contribution < 1.29 is 49.2 Å². The molecule has 0 aromatic carbocycles. The second-order valence-corrected chi connectivity index (χ2v) is 0.0745. The predicted molar refractivity (Wildman–Crippen MR) is 23.6 cm³/mol. The van der Waals surface area contributed by atoms with Gasteiger partial charge >= 0.3 is 0 Å². The molecule has 0 aliphatic heterocycles. The first-order chi connectivity index (χ1) is 1.41. The Morgan fingerprint density at radius 1 is 1.00 bits per heavy atom. The topological polar surface area (TPSA) is 178 Å². The molecular weight excluding hydrogens is 222 g/mol. The monoisotopic (exact) mass is 232 g/mol. The normalized spacial score (nSPS) is 1.50. The van der Waals surface area contributed by atoms with Crippen LogP contribution in [0.3, 0.4) is 0 Å². The molecule has 0 saturated heterocycles. The molecule has 0 atom stereocenters. The van der Waals surface area contributed by atoms with Gasteiger partial charge in [0.15, 0.2) is 0 Å². The smallest absolute Gasteiger partial charge is 0 e. The molecule has 0 fully saturated rings. The van der Waals surface area contributed by atoms with E-state index in [9.17, 15) is 0 Å². The SMILES string of the molecule is O.O.O.O.O=N[O-].[Cd]. The van der Waals surface area contributed by atoms with Gasteiger partial charge in [-0.25, -0.2) is 0 Å². The van der Waals surface area contributed by atoms with Crippen molar-refractivity contribution in [3.05, 3.63) is 10.1 Å². The summed E-state index contributed by atoms with van der Waals surface area (Å²) in [7, 11) is 0. The summed E-state index contributed by atoms with van der Waals surface area (Å²) in [6.45, 7) is 0. The third-order valence-electron chi connectivity index (χ3n) is 0. The van der Waals surface area contributed by atoms with Gasteiger partial charge in [-0.05, 0) is 0 Å². The summed E-state index contributed by atoms with van der Waals surface area (Å²) in [6, 6.07) is 0. The van der Waals surface area contributed by atoms with Crippen molar-refractivity contribution in [1.82, 2.24) is 0 Å². The average Bonchev–Trinajstić information content (AvgIpc) is 0.918. The van der Waals surface area contributed by atoms with E-state index < -0.39 is 0 Å². The molecule has 0 aliphatic carbocycles. The molecule has 0 rings (SSSR count). The summed E-state index contributed by atoms with van der Waals surface area (Å²) in [6.07, 6.45) is 0. The van der Waals surface area contributed by atoms with Crippen molar-refractivity contribution in [2.24, 2.45) is 5.34 Å². The van der Waals surface area contributed by atoms with Crippen molar-refractivity contribution in [3.8, 4) is 0 Å².